The largest absolute Gasteiger partial charge is 0.318 e. The van der Waals surface area contributed by atoms with E-state index in [1.165, 1.54) is 5.56 Å². The summed E-state index contributed by atoms with van der Waals surface area (Å²) in [5.41, 5.74) is 4.74. The zero-order valence-corrected chi connectivity index (χ0v) is 11.8. The molecule has 6 heteroatoms. The average molecular weight is 289 g/mol. The van der Waals surface area contributed by atoms with Crippen LogP contribution in [0.3, 0.4) is 0 Å². The third-order valence-corrected chi connectivity index (χ3v) is 3.87. The Morgan fingerprint density at radius 2 is 2.10 bits per heavy atom. The van der Waals surface area contributed by atoms with Gasteiger partial charge < -0.3 is 5.43 Å². The van der Waals surface area contributed by atoms with Crippen LogP contribution in [0.25, 0.3) is 0 Å². The quantitative estimate of drug-likeness (QED) is 0.381. The third-order valence-electron chi connectivity index (χ3n) is 2.81. The first-order chi connectivity index (χ1) is 9.60. The second-order valence-electron chi connectivity index (χ2n) is 4.36. The number of anilines is 1. The first-order valence-electron chi connectivity index (χ1n) is 6.03. The van der Waals surface area contributed by atoms with Gasteiger partial charge in [-0.3, -0.25) is 16.0 Å². The number of hydrogen-bond acceptors (Lipinski definition) is 5. The van der Waals surface area contributed by atoms with Crippen molar-refractivity contribution in [3.63, 3.8) is 0 Å². The number of thioether (sulfide) groups is 1. The fourth-order valence-corrected chi connectivity index (χ4v) is 2.77. The Hall–Kier alpha value is -2.05. The standard InChI is InChI=1S/C14H15N3O2S/c1-10-3-2-4-12(7-10)20-9-11-5-6-13(16-15)14(8-11)17(18)19/h2-8,16H,9,15H2,1H3. The summed E-state index contributed by atoms with van der Waals surface area (Å²) < 4.78 is 0. The number of rotatable bonds is 5. The number of nitrogens with one attached hydrogen (secondary N) is 1. The number of nitrogen functional groups attached to an aromatic ring is 1. The monoisotopic (exact) mass is 289 g/mol. The van der Waals surface area contributed by atoms with E-state index in [2.05, 4.69) is 11.5 Å². The highest BCUT2D eigenvalue weighted by atomic mass is 32.2. The highest BCUT2D eigenvalue weighted by Crippen LogP contribution is 2.29. The van der Waals surface area contributed by atoms with E-state index in [-0.39, 0.29) is 5.69 Å². The number of nitrogens with zero attached hydrogens (tertiary/aromatic N) is 1. The molecule has 3 N–H and O–H groups in total. The maximum absolute atomic E-state index is 11.0. The molecule has 0 aliphatic rings. The summed E-state index contributed by atoms with van der Waals surface area (Å²) in [6.45, 7) is 2.04. The lowest BCUT2D eigenvalue weighted by molar-refractivity contribution is -0.384. The van der Waals surface area contributed by atoms with Gasteiger partial charge in [0.25, 0.3) is 5.69 Å². The number of hydrazine groups is 1. The van der Waals surface area contributed by atoms with E-state index >= 15 is 0 Å². The lowest BCUT2D eigenvalue weighted by atomic mass is 10.2. The van der Waals surface area contributed by atoms with Gasteiger partial charge in [0.15, 0.2) is 0 Å². The predicted octanol–water partition coefficient (Wildman–Crippen LogP) is 3.48. The lowest BCUT2D eigenvalue weighted by Gasteiger charge is -2.06. The third kappa shape index (κ3) is 3.49. The molecule has 0 aliphatic heterocycles. The summed E-state index contributed by atoms with van der Waals surface area (Å²) >= 11 is 1.65. The van der Waals surface area contributed by atoms with E-state index in [1.54, 1.807) is 23.9 Å². The van der Waals surface area contributed by atoms with Crippen LogP contribution in [0.4, 0.5) is 11.4 Å². The molecule has 0 amide bonds. The molecule has 0 saturated heterocycles. The van der Waals surface area contributed by atoms with Crippen LogP contribution in [-0.2, 0) is 5.75 Å². The van der Waals surface area contributed by atoms with Crippen LogP contribution in [0.15, 0.2) is 47.4 Å². The van der Waals surface area contributed by atoms with E-state index in [0.717, 1.165) is 10.5 Å². The summed E-state index contributed by atoms with van der Waals surface area (Å²) in [6, 6.07) is 13.2. The summed E-state index contributed by atoms with van der Waals surface area (Å²) in [5, 5.41) is 11.0. The molecule has 0 radical (unpaired) electrons. The number of hydrogen-bond donors (Lipinski definition) is 2. The molecule has 0 aliphatic carbocycles. The van der Waals surface area contributed by atoms with Crippen molar-refractivity contribution in [3.8, 4) is 0 Å². The molecule has 0 spiro atoms. The highest BCUT2D eigenvalue weighted by Gasteiger charge is 2.13. The zero-order chi connectivity index (χ0) is 14.5. The van der Waals surface area contributed by atoms with Crippen molar-refractivity contribution in [1.82, 2.24) is 0 Å². The smallest absolute Gasteiger partial charge is 0.293 e. The fraction of sp³-hybridized carbons (Fsp3) is 0.143. The molecule has 0 fully saturated rings. The SMILES string of the molecule is Cc1cccc(SCc2ccc(NN)c([N+](=O)[O-])c2)c1. The Bertz CT molecular complexity index is 632. The molecule has 2 aromatic carbocycles. The fourth-order valence-electron chi connectivity index (χ4n) is 1.81. The van der Waals surface area contributed by atoms with Crippen molar-refractivity contribution in [2.75, 3.05) is 5.43 Å². The maximum atomic E-state index is 11.0. The minimum absolute atomic E-state index is 0.00478. The van der Waals surface area contributed by atoms with Crippen molar-refractivity contribution in [2.45, 2.75) is 17.6 Å². The molecule has 0 bridgehead atoms. The maximum Gasteiger partial charge on any atom is 0.293 e. The summed E-state index contributed by atoms with van der Waals surface area (Å²) in [4.78, 5) is 11.7. The van der Waals surface area contributed by atoms with E-state index in [9.17, 15) is 10.1 Å². The van der Waals surface area contributed by atoms with Crippen LogP contribution in [0.5, 0.6) is 0 Å². The zero-order valence-electron chi connectivity index (χ0n) is 11.0. The van der Waals surface area contributed by atoms with Crippen molar-refractivity contribution < 1.29 is 4.92 Å². The Balaban J connectivity index is 2.14. The summed E-state index contributed by atoms with van der Waals surface area (Å²) in [6.07, 6.45) is 0. The number of nitrogens with two attached hydrogens (primary N) is 1. The molecular weight excluding hydrogens is 274 g/mol. The number of benzene rings is 2. The van der Waals surface area contributed by atoms with Gasteiger partial charge in [-0.2, -0.15) is 0 Å². The normalized spacial score (nSPS) is 10.3. The Labute approximate surface area is 121 Å². The summed E-state index contributed by atoms with van der Waals surface area (Å²) in [5.74, 6) is 5.94. The number of nitro benzene ring substituents is 1. The van der Waals surface area contributed by atoms with Gasteiger partial charge in [-0.15, -0.1) is 11.8 Å². The Morgan fingerprint density at radius 1 is 1.30 bits per heavy atom. The van der Waals surface area contributed by atoms with Gasteiger partial charge in [0.2, 0.25) is 0 Å². The van der Waals surface area contributed by atoms with Gasteiger partial charge in [0, 0.05) is 16.7 Å². The van der Waals surface area contributed by atoms with Gasteiger partial charge in [0.1, 0.15) is 5.69 Å². The average Bonchev–Trinajstić information content (AvgIpc) is 2.45. The molecule has 20 heavy (non-hydrogen) atoms. The highest BCUT2D eigenvalue weighted by molar-refractivity contribution is 7.98. The molecule has 104 valence electrons. The van der Waals surface area contributed by atoms with Crippen LogP contribution in [0.2, 0.25) is 0 Å². The van der Waals surface area contributed by atoms with E-state index in [1.807, 2.05) is 31.2 Å². The van der Waals surface area contributed by atoms with Crippen LogP contribution < -0.4 is 11.3 Å². The Morgan fingerprint density at radius 3 is 2.75 bits per heavy atom. The molecule has 0 unspecified atom stereocenters. The van der Waals surface area contributed by atoms with Gasteiger partial charge in [0.05, 0.1) is 4.92 Å². The van der Waals surface area contributed by atoms with E-state index in [4.69, 9.17) is 5.84 Å². The number of aryl methyl sites for hydroxylation is 1. The van der Waals surface area contributed by atoms with Crippen LogP contribution in [0, 0.1) is 17.0 Å². The minimum atomic E-state index is -0.434. The van der Waals surface area contributed by atoms with Crippen molar-refractivity contribution in [1.29, 1.82) is 0 Å². The lowest BCUT2D eigenvalue weighted by Crippen LogP contribution is -2.09. The van der Waals surface area contributed by atoms with Crippen molar-refractivity contribution in [2.24, 2.45) is 5.84 Å². The summed E-state index contributed by atoms with van der Waals surface area (Å²) in [7, 11) is 0. The second-order valence-corrected chi connectivity index (χ2v) is 5.41. The first kappa shape index (κ1) is 14.4. The van der Waals surface area contributed by atoms with Gasteiger partial charge >= 0.3 is 0 Å². The van der Waals surface area contributed by atoms with E-state index in [0.29, 0.717) is 11.4 Å². The molecular formula is C14H15N3O2S. The topological polar surface area (TPSA) is 81.2 Å². The molecule has 0 aromatic heterocycles. The molecule has 0 saturated carbocycles. The first-order valence-corrected chi connectivity index (χ1v) is 7.02. The van der Waals surface area contributed by atoms with Crippen molar-refractivity contribution in [3.05, 3.63) is 63.7 Å². The molecule has 2 aromatic rings. The van der Waals surface area contributed by atoms with Crippen molar-refractivity contribution >= 4 is 23.1 Å². The van der Waals surface area contributed by atoms with Gasteiger partial charge in [-0.05, 0) is 30.7 Å². The predicted molar refractivity (Wildman–Crippen MR) is 81.6 cm³/mol. The van der Waals surface area contributed by atoms with Crippen LogP contribution in [0.1, 0.15) is 11.1 Å². The molecule has 0 atom stereocenters. The van der Waals surface area contributed by atoms with Crippen LogP contribution >= 0.6 is 11.8 Å². The number of nitro groups is 1. The molecule has 2 rings (SSSR count). The van der Waals surface area contributed by atoms with Gasteiger partial charge in [-0.1, -0.05) is 23.8 Å². The second kappa shape index (κ2) is 6.40. The minimum Gasteiger partial charge on any atom is -0.318 e. The Kier molecular flexibility index (Phi) is 4.60. The molecule has 0 heterocycles. The van der Waals surface area contributed by atoms with E-state index < -0.39 is 4.92 Å². The molecule has 5 nitrogen and oxygen atoms in total. The van der Waals surface area contributed by atoms with Gasteiger partial charge in [-0.25, -0.2) is 0 Å². The van der Waals surface area contributed by atoms with Crippen LogP contribution in [-0.4, -0.2) is 4.92 Å².